The van der Waals surface area contributed by atoms with Gasteiger partial charge in [0.1, 0.15) is 12.4 Å². The van der Waals surface area contributed by atoms with Crippen molar-refractivity contribution in [2.75, 3.05) is 19.7 Å². The second-order valence-corrected chi connectivity index (χ2v) is 6.66. The summed E-state index contributed by atoms with van der Waals surface area (Å²) in [6.07, 6.45) is 0. The second-order valence-electron chi connectivity index (χ2n) is 6.66. The monoisotopic (exact) mass is 330 g/mol. The molecule has 1 aliphatic heterocycles. The van der Waals surface area contributed by atoms with Gasteiger partial charge in [-0.1, -0.05) is 18.2 Å². The zero-order valence-corrected chi connectivity index (χ0v) is 14.1. The van der Waals surface area contributed by atoms with E-state index in [2.05, 4.69) is 17.9 Å². The number of fused-ring (bicyclic) bond motifs is 1. The molecule has 4 nitrogen and oxygen atoms in total. The van der Waals surface area contributed by atoms with E-state index in [1.165, 1.54) is 11.6 Å². The van der Waals surface area contributed by atoms with Gasteiger partial charge in [0.25, 0.3) is 0 Å². The summed E-state index contributed by atoms with van der Waals surface area (Å²) in [6, 6.07) is 11.2. The third kappa shape index (κ3) is 3.42. The molecule has 2 aromatic carbocycles. The molecule has 1 saturated heterocycles. The molecule has 0 aliphatic carbocycles. The molecule has 24 heavy (non-hydrogen) atoms. The summed E-state index contributed by atoms with van der Waals surface area (Å²) in [7, 11) is 0. The van der Waals surface area contributed by atoms with Crippen LogP contribution in [0.5, 0.6) is 0 Å². The largest absolute Gasteiger partial charge is 0.387 e. The van der Waals surface area contributed by atoms with Crippen molar-refractivity contribution < 1.29 is 14.3 Å². The van der Waals surface area contributed by atoms with E-state index >= 15 is 0 Å². The van der Waals surface area contributed by atoms with Crippen LogP contribution in [0, 0.1) is 5.82 Å². The van der Waals surface area contributed by atoms with Crippen molar-refractivity contribution in [1.29, 1.82) is 0 Å². The van der Waals surface area contributed by atoms with E-state index in [-0.39, 0.29) is 23.8 Å². The number of carbonyl (C=O) groups is 1. The summed E-state index contributed by atoms with van der Waals surface area (Å²) in [5.41, 5.74) is 1.18. The summed E-state index contributed by atoms with van der Waals surface area (Å²) in [4.78, 5) is 15.9. The van der Waals surface area contributed by atoms with Gasteiger partial charge in [0.2, 0.25) is 5.91 Å². The van der Waals surface area contributed by atoms with Crippen LogP contribution in [-0.2, 0) is 11.3 Å². The van der Waals surface area contributed by atoms with Crippen LogP contribution in [0.1, 0.15) is 19.4 Å². The SMILES string of the molecule is CC1CN(Cc2ccc3cc(F)ccc3c2)[C@@H](C)CN1C(=O)CO. The maximum atomic E-state index is 13.3. The van der Waals surface area contributed by atoms with Crippen molar-refractivity contribution >= 4 is 16.7 Å². The van der Waals surface area contributed by atoms with Crippen LogP contribution in [0.3, 0.4) is 0 Å². The van der Waals surface area contributed by atoms with E-state index in [0.717, 1.165) is 23.9 Å². The topological polar surface area (TPSA) is 43.8 Å². The number of aliphatic hydroxyl groups excluding tert-OH is 1. The molecule has 1 aliphatic rings. The number of rotatable bonds is 3. The van der Waals surface area contributed by atoms with Crippen LogP contribution in [0.2, 0.25) is 0 Å². The molecule has 1 N–H and O–H groups in total. The van der Waals surface area contributed by atoms with Gasteiger partial charge in [0, 0.05) is 31.7 Å². The number of hydrogen-bond acceptors (Lipinski definition) is 3. The van der Waals surface area contributed by atoms with E-state index in [0.29, 0.717) is 6.54 Å². The fourth-order valence-corrected chi connectivity index (χ4v) is 3.46. The van der Waals surface area contributed by atoms with Crippen molar-refractivity contribution in [3.8, 4) is 0 Å². The van der Waals surface area contributed by atoms with E-state index < -0.39 is 6.61 Å². The molecule has 2 aromatic rings. The summed E-state index contributed by atoms with van der Waals surface area (Å²) in [6.45, 7) is 5.86. The minimum Gasteiger partial charge on any atom is -0.387 e. The average molecular weight is 330 g/mol. The van der Waals surface area contributed by atoms with Gasteiger partial charge in [-0.25, -0.2) is 4.39 Å². The van der Waals surface area contributed by atoms with Gasteiger partial charge >= 0.3 is 0 Å². The number of hydrogen-bond donors (Lipinski definition) is 1. The van der Waals surface area contributed by atoms with Crippen LogP contribution >= 0.6 is 0 Å². The molecule has 0 aromatic heterocycles. The van der Waals surface area contributed by atoms with Gasteiger partial charge in [-0.15, -0.1) is 0 Å². The minimum absolute atomic E-state index is 0.0791. The molecule has 1 fully saturated rings. The third-order valence-corrected chi connectivity index (χ3v) is 4.82. The lowest BCUT2D eigenvalue weighted by Crippen LogP contribution is -2.58. The van der Waals surface area contributed by atoms with Crippen LogP contribution in [0.4, 0.5) is 4.39 Å². The van der Waals surface area contributed by atoms with E-state index in [1.54, 1.807) is 17.0 Å². The van der Waals surface area contributed by atoms with Crippen LogP contribution < -0.4 is 0 Å². The molecule has 0 radical (unpaired) electrons. The van der Waals surface area contributed by atoms with Crippen LogP contribution in [0.15, 0.2) is 36.4 Å². The lowest BCUT2D eigenvalue weighted by molar-refractivity contribution is -0.140. The fraction of sp³-hybridized carbons (Fsp3) is 0.421. The number of halogens is 1. The molecular weight excluding hydrogens is 307 g/mol. The van der Waals surface area contributed by atoms with E-state index in [1.807, 2.05) is 19.1 Å². The molecule has 3 rings (SSSR count). The van der Waals surface area contributed by atoms with Crippen molar-refractivity contribution in [3.63, 3.8) is 0 Å². The number of carbonyl (C=O) groups excluding carboxylic acids is 1. The van der Waals surface area contributed by atoms with Crippen molar-refractivity contribution in [3.05, 3.63) is 47.8 Å². The Morgan fingerprint density at radius 1 is 1.12 bits per heavy atom. The first-order chi connectivity index (χ1) is 11.5. The number of piperazine rings is 1. The predicted molar refractivity (Wildman–Crippen MR) is 92.0 cm³/mol. The molecule has 1 unspecified atom stereocenters. The number of nitrogens with zero attached hydrogens (tertiary/aromatic N) is 2. The first-order valence-electron chi connectivity index (χ1n) is 8.30. The van der Waals surface area contributed by atoms with Gasteiger partial charge in [0.05, 0.1) is 0 Å². The Balaban J connectivity index is 1.74. The van der Waals surface area contributed by atoms with E-state index in [4.69, 9.17) is 5.11 Å². The Morgan fingerprint density at radius 3 is 2.58 bits per heavy atom. The van der Waals surface area contributed by atoms with Crippen molar-refractivity contribution in [2.45, 2.75) is 32.5 Å². The molecule has 1 heterocycles. The quantitative estimate of drug-likeness (QED) is 0.940. The third-order valence-electron chi connectivity index (χ3n) is 4.82. The zero-order valence-electron chi connectivity index (χ0n) is 14.1. The Hall–Kier alpha value is -1.98. The van der Waals surface area contributed by atoms with Crippen molar-refractivity contribution in [2.24, 2.45) is 0 Å². The normalized spacial score (nSPS) is 22.1. The van der Waals surface area contributed by atoms with Gasteiger partial charge in [0.15, 0.2) is 0 Å². The maximum Gasteiger partial charge on any atom is 0.248 e. The predicted octanol–water partition coefficient (Wildman–Crippen LogP) is 2.39. The maximum absolute atomic E-state index is 13.3. The molecule has 2 atom stereocenters. The number of amides is 1. The Morgan fingerprint density at radius 2 is 1.83 bits per heavy atom. The lowest BCUT2D eigenvalue weighted by atomic mass is 10.0. The average Bonchev–Trinajstić information content (AvgIpc) is 2.57. The second kappa shape index (κ2) is 6.87. The summed E-state index contributed by atoms with van der Waals surface area (Å²) < 4.78 is 13.3. The van der Waals surface area contributed by atoms with Gasteiger partial charge in [-0.3, -0.25) is 9.69 Å². The highest BCUT2D eigenvalue weighted by molar-refractivity contribution is 5.83. The van der Waals surface area contributed by atoms with Crippen LogP contribution in [0.25, 0.3) is 10.8 Å². The summed E-state index contributed by atoms with van der Waals surface area (Å²) in [5.74, 6) is -0.427. The van der Waals surface area contributed by atoms with Gasteiger partial charge in [-0.05, 0) is 48.4 Å². The molecule has 128 valence electrons. The highest BCUT2D eigenvalue weighted by atomic mass is 19.1. The lowest BCUT2D eigenvalue weighted by Gasteiger charge is -2.44. The molecule has 5 heteroatoms. The standard InChI is InChI=1S/C19H23FN2O2/c1-13-10-22(19(24)12-23)14(2)9-21(13)11-15-3-4-17-8-18(20)6-5-16(17)7-15/h3-8,13-14,23H,9-12H2,1-2H3/t13-,14?/m0/s1. The van der Waals surface area contributed by atoms with Gasteiger partial charge in [-0.2, -0.15) is 0 Å². The van der Waals surface area contributed by atoms with Crippen LogP contribution in [-0.4, -0.2) is 52.6 Å². The highest BCUT2D eigenvalue weighted by Gasteiger charge is 2.31. The molecule has 0 saturated carbocycles. The first kappa shape index (κ1) is 16.9. The Kier molecular flexibility index (Phi) is 4.83. The highest BCUT2D eigenvalue weighted by Crippen LogP contribution is 2.22. The minimum atomic E-state index is -0.432. The number of benzene rings is 2. The summed E-state index contributed by atoms with van der Waals surface area (Å²) in [5, 5.41) is 11.0. The fourth-order valence-electron chi connectivity index (χ4n) is 3.46. The van der Waals surface area contributed by atoms with Gasteiger partial charge < -0.3 is 10.0 Å². The molecule has 1 amide bonds. The molecule has 0 bridgehead atoms. The Labute approximate surface area is 141 Å². The zero-order chi connectivity index (χ0) is 17.3. The summed E-state index contributed by atoms with van der Waals surface area (Å²) >= 11 is 0. The molecular formula is C19H23FN2O2. The molecule has 0 spiro atoms. The Bertz CT molecular complexity index is 749. The number of aliphatic hydroxyl groups is 1. The van der Waals surface area contributed by atoms with E-state index in [9.17, 15) is 9.18 Å². The van der Waals surface area contributed by atoms with Crippen molar-refractivity contribution in [1.82, 2.24) is 9.80 Å². The first-order valence-corrected chi connectivity index (χ1v) is 8.30. The smallest absolute Gasteiger partial charge is 0.248 e.